The number of hydrogen-bond acceptors (Lipinski definition) is 5. The summed E-state index contributed by atoms with van der Waals surface area (Å²) in [5, 5.41) is 9.08. The van der Waals surface area contributed by atoms with Gasteiger partial charge in [-0.25, -0.2) is 9.98 Å². The first-order valence-corrected chi connectivity index (χ1v) is 4.14. The molecule has 1 aliphatic heterocycles. The van der Waals surface area contributed by atoms with Crippen molar-refractivity contribution in [1.29, 1.82) is 0 Å². The summed E-state index contributed by atoms with van der Waals surface area (Å²) in [5.74, 6) is -0.241. The predicted molar refractivity (Wildman–Crippen MR) is 53.6 cm³/mol. The largest absolute Gasteiger partial charge is 0.363 e. The van der Waals surface area contributed by atoms with Gasteiger partial charge in [-0.2, -0.15) is 5.10 Å². The monoisotopic (exact) mass is 204 g/mol. The number of aromatic amines is 1. The fourth-order valence-corrected chi connectivity index (χ4v) is 1.02. The molecule has 0 bridgehead atoms. The summed E-state index contributed by atoms with van der Waals surface area (Å²) in [6.45, 7) is 0. The van der Waals surface area contributed by atoms with Crippen LogP contribution < -0.4 is 11.1 Å². The van der Waals surface area contributed by atoms with Gasteiger partial charge >= 0.3 is 0 Å². The molecule has 1 amide bonds. The Hall–Kier alpha value is -2.44. The lowest BCUT2D eigenvalue weighted by Gasteiger charge is -1.90. The molecule has 2 rings (SSSR count). The number of carbonyl (C=O) groups excluding carboxylic acids is 1. The Kier molecular flexibility index (Phi) is 2.28. The highest BCUT2D eigenvalue weighted by molar-refractivity contribution is 5.89. The van der Waals surface area contributed by atoms with Crippen LogP contribution >= 0.6 is 0 Å². The lowest BCUT2D eigenvalue weighted by molar-refractivity contribution is 0.0991. The molecule has 2 heterocycles. The first kappa shape index (κ1) is 9.13. The zero-order valence-corrected chi connectivity index (χ0v) is 7.64. The van der Waals surface area contributed by atoms with Crippen molar-refractivity contribution in [2.75, 3.05) is 0 Å². The van der Waals surface area contributed by atoms with Crippen molar-refractivity contribution in [2.24, 2.45) is 10.7 Å². The molecule has 0 saturated carbocycles. The zero-order chi connectivity index (χ0) is 10.7. The smallest absolute Gasteiger partial charge is 0.286 e. The summed E-state index contributed by atoms with van der Waals surface area (Å²) in [6, 6.07) is 0. The lowest BCUT2D eigenvalue weighted by atomic mass is 10.2. The number of aliphatic imine (C=N–C) groups is 1. The van der Waals surface area contributed by atoms with Crippen LogP contribution in [0.25, 0.3) is 5.57 Å². The Balaban J connectivity index is 2.33. The van der Waals surface area contributed by atoms with Gasteiger partial charge in [0.1, 0.15) is 0 Å². The molecule has 4 N–H and O–H groups in total. The number of hydrogen-bond donors (Lipinski definition) is 3. The van der Waals surface area contributed by atoms with Crippen LogP contribution in [0.2, 0.25) is 0 Å². The number of aromatic nitrogens is 3. The molecule has 7 heteroatoms. The Morgan fingerprint density at radius 2 is 2.33 bits per heavy atom. The first-order valence-electron chi connectivity index (χ1n) is 4.14. The van der Waals surface area contributed by atoms with E-state index in [-0.39, 0.29) is 5.82 Å². The predicted octanol–water partition coefficient (Wildman–Crippen LogP) is -0.610. The van der Waals surface area contributed by atoms with Gasteiger partial charge in [0.05, 0.1) is 6.34 Å². The third-order valence-electron chi connectivity index (χ3n) is 1.70. The number of H-pyrrole nitrogens is 1. The van der Waals surface area contributed by atoms with Gasteiger partial charge in [0.15, 0.2) is 5.82 Å². The molecule has 15 heavy (non-hydrogen) atoms. The average Bonchev–Trinajstić information content (AvgIpc) is 2.55. The molecule has 0 unspecified atom stereocenters. The van der Waals surface area contributed by atoms with Crippen LogP contribution in [-0.4, -0.2) is 27.4 Å². The molecule has 0 fully saturated rings. The Morgan fingerprint density at radius 1 is 1.47 bits per heavy atom. The van der Waals surface area contributed by atoms with E-state index in [0.717, 1.165) is 0 Å². The van der Waals surface area contributed by atoms with Crippen molar-refractivity contribution in [3.05, 3.63) is 30.1 Å². The Morgan fingerprint density at radius 3 is 3.07 bits per heavy atom. The highest BCUT2D eigenvalue weighted by Crippen LogP contribution is 2.11. The molecule has 0 aliphatic carbocycles. The van der Waals surface area contributed by atoms with Crippen molar-refractivity contribution in [1.82, 2.24) is 20.5 Å². The van der Waals surface area contributed by atoms with Crippen LogP contribution in [0, 0.1) is 0 Å². The van der Waals surface area contributed by atoms with E-state index in [1.807, 2.05) is 0 Å². The van der Waals surface area contributed by atoms with E-state index >= 15 is 0 Å². The van der Waals surface area contributed by atoms with E-state index in [9.17, 15) is 4.79 Å². The molecule has 0 atom stereocenters. The van der Waals surface area contributed by atoms with Gasteiger partial charge in [-0.05, 0) is 6.08 Å². The molecule has 7 nitrogen and oxygen atoms in total. The molecular formula is C8H8N6O. The molecule has 0 radical (unpaired) electrons. The van der Waals surface area contributed by atoms with Gasteiger partial charge in [0.25, 0.3) is 5.91 Å². The number of primary amides is 1. The SMILES string of the molecule is NC(=O)c1nc(C2=CN=CNC=C2)n[nH]1. The van der Waals surface area contributed by atoms with Crippen molar-refractivity contribution in [3.63, 3.8) is 0 Å². The zero-order valence-electron chi connectivity index (χ0n) is 7.64. The summed E-state index contributed by atoms with van der Waals surface area (Å²) in [6.07, 6.45) is 6.51. The highest BCUT2D eigenvalue weighted by Gasteiger charge is 2.10. The van der Waals surface area contributed by atoms with Crippen LogP contribution in [0.1, 0.15) is 16.4 Å². The second-order valence-corrected chi connectivity index (χ2v) is 2.73. The summed E-state index contributed by atoms with van der Waals surface area (Å²) < 4.78 is 0. The fourth-order valence-electron chi connectivity index (χ4n) is 1.02. The molecule has 1 aromatic rings. The van der Waals surface area contributed by atoms with Crippen molar-refractivity contribution in [2.45, 2.75) is 0 Å². The standard InChI is InChI=1S/C8H8N6O/c9-6(15)8-12-7(13-14-8)5-1-2-10-4-11-3-5/h1-4H,(H2,9,15)(H,10,11)(H,12,13,14). The topological polar surface area (TPSA) is 109 Å². The van der Waals surface area contributed by atoms with Crippen LogP contribution in [0.4, 0.5) is 0 Å². The van der Waals surface area contributed by atoms with Gasteiger partial charge in [0.2, 0.25) is 5.82 Å². The summed E-state index contributed by atoms with van der Waals surface area (Å²) in [5.41, 5.74) is 5.72. The van der Waals surface area contributed by atoms with Gasteiger partial charge in [-0.3, -0.25) is 9.89 Å². The number of allylic oxidation sites excluding steroid dienone is 2. The van der Waals surface area contributed by atoms with Gasteiger partial charge in [-0.15, -0.1) is 0 Å². The molecule has 1 aliphatic rings. The van der Waals surface area contributed by atoms with Crippen LogP contribution in [0.5, 0.6) is 0 Å². The van der Waals surface area contributed by atoms with Crippen molar-refractivity contribution >= 4 is 17.8 Å². The van der Waals surface area contributed by atoms with Gasteiger partial charge in [-0.1, -0.05) is 0 Å². The normalized spacial score (nSPS) is 14.3. The van der Waals surface area contributed by atoms with Gasteiger partial charge in [0, 0.05) is 18.0 Å². The second-order valence-electron chi connectivity index (χ2n) is 2.73. The maximum atomic E-state index is 10.8. The maximum absolute atomic E-state index is 10.8. The summed E-state index contributed by atoms with van der Waals surface area (Å²) in [7, 11) is 0. The molecule has 0 aromatic carbocycles. The minimum atomic E-state index is -0.645. The number of nitrogens with one attached hydrogen (secondary N) is 2. The second kappa shape index (κ2) is 3.74. The molecule has 1 aromatic heterocycles. The van der Waals surface area contributed by atoms with Crippen molar-refractivity contribution in [3.8, 4) is 0 Å². The molecule has 0 saturated heterocycles. The van der Waals surface area contributed by atoms with E-state index in [4.69, 9.17) is 5.73 Å². The van der Waals surface area contributed by atoms with E-state index < -0.39 is 5.91 Å². The highest BCUT2D eigenvalue weighted by atomic mass is 16.1. The number of nitrogens with zero attached hydrogens (tertiary/aromatic N) is 3. The van der Waals surface area contributed by atoms with E-state index in [1.165, 1.54) is 6.34 Å². The van der Waals surface area contributed by atoms with Crippen LogP contribution in [0.3, 0.4) is 0 Å². The first-order chi connectivity index (χ1) is 7.27. The number of amides is 1. The minimum absolute atomic E-state index is 0.0282. The van der Waals surface area contributed by atoms with E-state index in [2.05, 4.69) is 25.5 Å². The van der Waals surface area contributed by atoms with E-state index in [1.54, 1.807) is 18.5 Å². The number of carbonyl (C=O) groups is 1. The Bertz CT molecular complexity index is 469. The fraction of sp³-hybridized carbons (Fsp3) is 0. The molecule has 76 valence electrons. The average molecular weight is 204 g/mol. The van der Waals surface area contributed by atoms with Gasteiger partial charge < -0.3 is 11.1 Å². The number of nitrogens with two attached hydrogens (primary N) is 1. The third-order valence-corrected chi connectivity index (χ3v) is 1.70. The van der Waals surface area contributed by atoms with Crippen molar-refractivity contribution < 1.29 is 4.79 Å². The number of rotatable bonds is 2. The maximum Gasteiger partial charge on any atom is 0.286 e. The summed E-state index contributed by atoms with van der Waals surface area (Å²) in [4.78, 5) is 18.6. The Labute approximate surface area is 84.8 Å². The molecule has 0 spiro atoms. The lowest BCUT2D eigenvalue weighted by Crippen LogP contribution is -2.12. The molecular weight excluding hydrogens is 196 g/mol. The van der Waals surface area contributed by atoms with Crippen LogP contribution in [-0.2, 0) is 0 Å². The summed E-state index contributed by atoms with van der Waals surface area (Å²) >= 11 is 0. The van der Waals surface area contributed by atoms with E-state index in [0.29, 0.717) is 11.4 Å². The minimum Gasteiger partial charge on any atom is -0.363 e. The quantitative estimate of drug-likeness (QED) is 0.596. The third kappa shape index (κ3) is 1.90. The van der Waals surface area contributed by atoms with Crippen LogP contribution in [0.15, 0.2) is 23.5 Å².